The Bertz CT molecular complexity index is 563. The molecule has 0 spiro atoms. The van der Waals surface area contributed by atoms with Crippen molar-refractivity contribution in [2.45, 2.75) is 33.6 Å². The highest BCUT2D eigenvalue weighted by Gasteiger charge is 2.20. The summed E-state index contributed by atoms with van der Waals surface area (Å²) in [5, 5.41) is 3.25. The number of hydrogen-bond acceptors (Lipinski definition) is 3. The number of carbonyl (C=O) groups is 2. The molecule has 0 radical (unpaired) electrons. The number of nitrogens with zero attached hydrogens (tertiary/aromatic N) is 2. The van der Waals surface area contributed by atoms with Crippen LogP contribution in [0, 0.1) is 12.8 Å². The fourth-order valence-electron chi connectivity index (χ4n) is 2.91. The van der Waals surface area contributed by atoms with E-state index in [9.17, 15) is 9.59 Å². The monoisotopic (exact) mass is 345 g/mol. The van der Waals surface area contributed by atoms with Crippen molar-refractivity contribution in [1.29, 1.82) is 0 Å². The Labute approximate surface area is 151 Å². The molecule has 1 aromatic rings. The second-order valence-electron chi connectivity index (χ2n) is 7.22. The second-order valence-corrected chi connectivity index (χ2v) is 7.22. The van der Waals surface area contributed by atoms with Crippen LogP contribution in [0.25, 0.3) is 0 Å². The van der Waals surface area contributed by atoms with Crippen LogP contribution in [0.4, 0.5) is 0 Å². The van der Waals surface area contributed by atoms with Crippen LogP contribution in [-0.2, 0) is 4.79 Å². The molecule has 1 N–H and O–H groups in total. The van der Waals surface area contributed by atoms with Crippen molar-refractivity contribution >= 4 is 11.8 Å². The van der Waals surface area contributed by atoms with E-state index in [4.69, 9.17) is 0 Å². The Kier molecular flexibility index (Phi) is 7.44. The molecule has 1 aromatic carbocycles. The van der Waals surface area contributed by atoms with E-state index in [0.29, 0.717) is 31.0 Å². The minimum Gasteiger partial charge on any atom is -0.340 e. The van der Waals surface area contributed by atoms with E-state index >= 15 is 0 Å². The molecule has 1 heterocycles. The molecule has 1 fully saturated rings. The van der Waals surface area contributed by atoms with Gasteiger partial charge in [0.05, 0.1) is 0 Å². The summed E-state index contributed by atoms with van der Waals surface area (Å²) in [6.07, 6.45) is 1.34. The number of amides is 2. The predicted octanol–water partition coefficient (Wildman–Crippen LogP) is 2.31. The lowest BCUT2D eigenvalue weighted by Gasteiger charge is -2.29. The molecule has 25 heavy (non-hydrogen) atoms. The van der Waals surface area contributed by atoms with E-state index < -0.39 is 0 Å². The maximum atomic E-state index is 12.8. The first-order valence-corrected chi connectivity index (χ1v) is 9.32. The first-order valence-electron chi connectivity index (χ1n) is 9.32. The van der Waals surface area contributed by atoms with Gasteiger partial charge < -0.3 is 15.1 Å². The summed E-state index contributed by atoms with van der Waals surface area (Å²) in [6.45, 7) is 10.7. The van der Waals surface area contributed by atoms with Gasteiger partial charge in [-0.05, 0) is 31.4 Å². The van der Waals surface area contributed by atoms with Crippen molar-refractivity contribution in [3.8, 4) is 0 Å². The van der Waals surface area contributed by atoms with Crippen LogP contribution in [0.15, 0.2) is 24.3 Å². The van der Waals surface area contributed by atoms with E-state index in [-0.39, 0.29) is 11.8 Å². The highest BCUT2D eigenvalue weighted by Crippen LogP contribution is 2.11. The number of nitrogens with one attached hydrogen (secondary N) is 1. The Morgan fingerprint density at radius 1 is 1.12 bits per heavy atom. The van der Waals surface area contributed by atoms with Gasteiger partial charge in [-0.1, -0.05) is 31.5 Å². The Balaban J connectivity index is 1.97. The normalized spacial score (nSPS) is 14.6. The summed E-state index contributed by atoms with van der Waals surface area (Å²) < 4.78 is 0. The summed E-state index contributed by atoms with van der Waals surface area (Å²) in [5.41, 5.74) is 1.84. The average molecular weight is 345 g/mol. The highest BCUT2D eigenvalue weighted by atomic mass is 16.2. The minimum absolute atomic E-state index is 0.0220. The van der Waals surface area contributed by atoms with Crippen molar-refractivity contribution in [2.24, 2.45) is 5.92 Å². The molecule has 0 aromatic heterocycles. The van der Waals surface area contributed by atoms with E-state index in [0.717, 1.165) is 38.2 Å². The number of benzene rings is 1. The lowest BCUT2D eigenvalue weighted by molar-refractivity contribution is -0.131. The van der Waals surface area contributed by atoms with Crippen LogP contribution >= 0.6 is 0 Å². The Hall–Kier alpha value is -1.88. The first kappa shape index (κ1) is 19.4. The third-order valence-corrected chi connectivity index (χ3v) is 4.63. The molecule has 0 aliphatic carbocycles. The number of piperazine rings is 1. The molecule has 2 amide bonds. The number of aryl methyl sites for hydroxylation is 1. The quantitative estimate of drug-likeness (QED) is 0.825. The van der Waals surface area contributed by atoms with Gasteiger partial charge in [-0.25, -0.2) is 0 Å². The summed E-state index contributed by atoms with van der Waals surface area (Å²) in [5.74, 6) is 0.693. The zero-order valence-electron chi connectivity index (χ0n) is 15.8. The van der Waals surface area contributed by atoms with Crippen LogP contribution in [0.1, 0.15) is 42.6 Å². The predicted molar refractivity (Wildman–Crippen MR) is 101 cm³/mol. The van der Waals surface area contributed by atoms with E-state index in [1.165, 1.54) is 0 Å². The Morgan fingerprint density at radius 2 is 1.76 bits per heavy atom. The maximum absolute atomic E-state index is 12.8. The lowest BCUT2D eigenvalue weighted by atomic mass is 10.1. The molecule has 138 valence electrons. The summed E-state index contributed by atoms with van der Waals surface area (Å²) in [7, 11) is 0. The third kappa shape index (κ3) is 6.16. The SMILES string of the molecule is Cc1ccc(C(=O)N(CCC(=O)N2CCNCC2)CCC(C)C)cc1. The molecule has 0 bridgehead atoms. The molecule has 5 nitrogen and oxygen atoms in total. The zero-order chi connectivity index (χ0) is 18.2. The fourth-order valence-corrected chi connectivity index (χ4v) is 2.91. The molecule has 1 saturated heterocycles. The topological polar surface area (TPSA) is 52.7 Å². The summed E-state index contributed by atoms with van der Waals surface area (Å²) in [4.78, 5) is 29.0. The van der Waals surface area contributed by atoms with Gasteiger partial charge in [0.25, 0.3) is 5.91 Å². The molecule has 0 atom stereocenters. The number of rotatable bonds is 7. The second kappa shape index (κ2) is 9.56. The van der Waals surface area contributed by atoms with Gasteiger partial charge in [0.2, 0.25) is 5.91 Å². The molecule has 1 aliphatic rings. The van der Waals surface area contributed by atoms with Gasteiger partial charge in [0.15, 0.2) is 0 Å². The van der Waals surface area contributed by atoms with Gasteiger partial charge >= 0.3 is 0 Å². The van der Waals surface area contributed by atoms with Gasteiger partial charge in [-0.2, -0.15) is 0 Å². The molecule has 2 rings (SSSR count). The van der Waals surface area contributed by atoms with Crippen LogP contribution < -0.4 is 5.32 Å². The van der Waals surface area contributed by atoms with Gasteiger partial charge in [-0.3, -0.25) is 9.59 Å². The molecular weight excluding hydrogens is 314 g/mol. The number of carbonyl (C=O) groups excluding carboxylic acids is 2. The smallest absolute Gasteiger partial charge is 0.253 e. The lowest BCUT2D eigenvalue weighted by Crippen LogP contribution is -2.47. The van der Waals surface area contributed by atoms with E-state index in [2.05, 4.69) is 19.2 Å². The summed E-state index contributed by atoms with van der Waals surface area (Å²) >= 11 is 0. The van der Waals surface area contributed by atoms with Crippen molar-refractivity contribution < 1.29 is 9.59 Å². The molecule has 1 aliphatic heterocycles. The third-order valence-electron chi connectivity index (χ3n) is 4.63. The molecule has 0 unspecified atom stereocenters. The van der Waals surface area contributed by atoms with Crippen LogP contribution in [0.5, 0.6) is 0 Å². The largest absolute Gasteiger partial charge is 0.340 e. The minimum atomic E-state index is 0.0220. The van der Waals surface area contributed by atoms with Gasteiger partial charge in [0.1, 0.15) is 0 Å². The first-order chi connectivity index (χ1) is 12.0. The zero-order valence-corrected chi connectivity index (χ0v) is 15.8. The number of hydrogen-bond donors (Lipinski definition) is 1. The van der Waals surface area contributed by atoms with Crippen LogP contribution in [0.2, 0.25) is 0 Å². The molecule has 5 heteroatoms. The van der Waals surface area contributed by atoms with Crippen LogP contribution in [-0.4, -0.2) is 60.9 Å². The highest BCUT2D eigenvalue weighted by molar-refractivity contribution is 5.94. The average Bonchev–Trinajstić information content (AvgIpc) is 2.62. The maximum Gasteiger partial charge on any atom is 0.253 e. The van der Waals surface area contributed by atoms with Crippen LogP contribution in [0.3, 0.4) is 0 Å². The van der Waals surface area contributed by atoms with Crippen molar-refractivity contribution in [3.05, 3.63) is 35.4 Å². The van der Waals surface area contributed by atoms with Gasteiger partial charge in [-0.15, -0.1) is 0 Å². The van der Waals surface area contributed by atoms with Crippen molar-refractivity contribution in [3.63, 3.8) is 0 Å². The standard InChI is InChI=1S/C20H31N3O2/c1-16(2)8-12-23(20(25)18-6-4-17(3)5-7-18)13-9-19(24)22-14-10-21-11-15-22/h4-7,16,21H,8-15H2,1-3H3. The van der Waals surface area contributed by atoms with Crippen molar-refractivity contribution in [2.75, 3.05) is 39.3 Å². The molecular formula is C20H31N3O2. The fraction of sp³-hybridized carbons (Fsp3) is 0.600. The summed E-state index contributed by atoms with van der Waals surface area (Å²) in [6, 6.07) is 7.66. The van der Waals surface area contributed by atoms with Crippen molar-refractivity contribution in [1.82, 2.24) is 15.1 Å². The van der Waals surface area contributed by atoms with E-state index in [1.54, 1.807) is 0 Å². The Morgan fingerprint density at radius 3 is 2.36 bits per heavy atom. The van der Waals surface area contributed by atoms with Gasteiger partial charge in [0, 0.05) is 51.3 Å². The molecule has 0 saturated carbocycles. The van der Waals surface area contributed by atoms with E-state index in [1.807, 2.05) is 41.0 Å².